The van der Waals surface area contributed by atoms with E-state index in [2.05, 4.69) is 52.4 Å². The van der Waals surface area contributed by atoms with Crippen LogP contribution in [0.25, 0.3) is 16.7 Å². The molecular formula is C27H22N4O2. The number of hydrogen-bond donors (Lipinski definition) is 0. The van der Waals surface area contributed by atoms with Crippen molar-refractivity contribution < 1.29 is 9.53 Å². The molecule has 0 spiro atoms. The second-order valence-corrected chi connectivity index (χ2v) is 8.81. The highest BCUT2D eigenvalue weighted by Crippen LogP contribution is 2.45. The summed E-state index contributed by atoms with van der Waals surface area (Å²) in [4.78, 5) is 23.3. The zero-order valence-corrected chi connectivity index (χ0v) is 18.0. The van der Waals surface area contributed by atoms with Gasteiger partial charge >= 0.3 is 6.09 Å². The van der Waals surface area contributed by atoms with Crippen molar-refractivity contribution in [3.05, 3.63) is 89.5 Å². The van der Waals surface area contributed by atoms with Gasteiger partial charge in [0.2, 0.25) is 5.82 Å². The third-order valence-corrected chi connectivity index (χ3v) is 7.06. The van der Waals surface area contributed by atoms with Crippen molar-refractivity contribution in [1.29, 1.82) is 5.26 Å². The van der Waals surface area contributed by atoms with Crippen molar-refractivity contribution in [2.45, 2.75) is 37.3 Å². The molecule has 2 unspecified atom stereocenters. The molecule has 0 N–H and O–H groups in total. The molecule has 2 aliphatic heterocycles. The van der Waals surface area contributed by atoms with Gasteiger partial charge in [-0.2, -0.15) is 5.26 Å². The highest BCUT2D eigenvalue weighted by atomic mass is 16.6. The van der Waals surface area contributed by atoms with Crippen molar-refractivity contribution in [2.24, 2.45) is 0 Å². The largest absolute Gasteiger partial charge is 0.448 e. The molecule has 2 bridgehead atoms. The Bertz CT molecular complexity index is 1260. The number of ether oxygens (including phenoxy) is 1. The van der Waals surface area contributed by atoms with E-state index in [0.29, 0.717) is 6.61 Å². The zero-order valence-electron chi connectivity index (χ0n) is 18.0. The van der Waals surface area contributed by atoms with Crippen LogP contribution in [0.1, 0.15) is 47.7 Å². The summed E-state index contributed by atoms with van der Waals surface area (Å²) in [6.07, 6.45) is 7.91. The Hall–Kier alpha value is -3.98. The Labute approximate surface area is 192 Å². The summed E-state index contributed by atoms with van der Waals surface area (Å²) < 4.78 is 5.93. The Morgan fingerprint density at radius 1 is 1.03 bits per heavy atom. The standard InChI is InChI=1S/C27H22N4O2/c28-13-26-29-14-18(15-30-26)17-11-19-9-10-20(12-17)31(19)27(32)33-16-25-23-7-3-1-5-21(23)22-6-2-4-8-24(22)25/h1-8,11,14-15,19-20,25H,9-10,12,16H2. The first-order valence-electron chi connectivity index (χ1n) is 11.3. The van der Waals surface area contributed by atoms with E-state index in [4.69, 9.17) is 10.00 Å². The number of aromatic nitrogens is 2. The molecule has 1 amide bonds. The molecule has 162 valence electrons. The van der Waals surface area contributed by atoms with Gasteiger partial charge in [-0.1, -0.05) is 54.6 Å². The summed E-state index contributed by atoms with van der Waals surface area (Å²) in [5.41, 5.74) is 6.94. The summed E-state index contributed by atoms with van der Waals surface area (Å²) in [7, 11) is 0. The molecular weight excluding hydrogens is 412 g/mol. The first-order valence-corrected chi connectivity index (χ1v) is 11.3. The number of benzene rings is 2. The maximum absolute atomic E-state index is 13.2. The number of rotatable bonds is 3. The first-order chi connectivity index (χ1) is 16.2. The van der Waals surface area contributed by atoms with Crippen LogP contribution in [-0.4, -0.2) is 39.7 Å². The van der Waals surface area contributed by atoms with Gasteiger partial charge in [0.25, 0.3) is 0 Å². The number of fused-ring (bicyclic) bond motifs is 5. The molecule has 1 fully saturated rings. The number of nitriles is 1. The van der Waals surface area contributed by atoms with E-state index < -0.39 is 0 Å². The highest BCUT2D eigenvalue weighted by molar-refractivity contribution is 5.79. The van der Waals surface area contributed by atoms with Gasteiger partial charge in [-0.05, 0) is 47.1 Å². The summed E-state index contributed by atoms with van der Waals surface area (Å²) in [6, 6.07) is 18.8. The van der Waals surface area contributed by atoms with E-state index in [1.807, 2.05) is 23.1 Å². The SMILES string of the molecule is N#Cc1ncc(C2=CC3CCC(C2)N3C(=O)OCC2c3ccccc3-c3ccccc32)cn1. The molecule has 1 aromatic heterocycles. The molecule has 33 heavy (non-hydrogen) atoms. The number of carbonyl (C=O) groups is 1. The van der Waals surface area contributed by atoms with Gasteiger partial charge in [-0.25, -0.2) is 14.8 Å². The number of hydrogen-bond acceptors (Lipinski definition) is 5. The molecule has 2 atom stereocenters. The normalized spacial score (nSPS) is 20.6. The lowest BCUT2D eigenvalue weighted by molar-refractivity contribution is 0.0866. The van der Waals surface area contributed by atoms with Gasteiger partial charge in [0.1, 0.15) is 12.7 Å². The van der Waals surface area contributed by atoms with E-state index in [1.165, 1.54) is 22.3 Å². The van der Waals surface area contributed by atoms with Crippen molar-refractivity contribution in [1.82, 2.24) is 14.9 Å². The Kier molecular flexibility index (Phi) is 4.69. The Morgan fingerprint density at radius 3 is 2.33 bits per heavy atom. The maximum atomic E-state index is 13.2. The molecule has 3 aliphatic rings. The number of nitrogens with zero attached hydrogens (tertiary/aromatic N) is 4. The van der Waals surface area contributed by atoms with Gasteiger partial charge in [0.05, 0.1) is 6.04 Å². The average molecular weight is 434 g/mol. The zero-order chi connectivity index (χ0) is 22.4. The van der Waals surface area contributed by atoms with Gasteiger partial charge in [-0.3, -0.25) is 4.90 Å². The van der Waals surface area contributed by atoms with Crippen LogP contribution in [0, 0.1) is 11.3 Å². The van der Waals surface area contributed by atoms with Crippen LogP contribution >= 0.6 is 0 Å². The second-order valence-electron chi connectivity index (χ2n) is 8.81. The molecule has 0 radical (unpaired) electrons. The van der Waals surface area contributed by atoms with Crippen LogP contribution in [0.3, 0.4) is 0 Å². The molecule has 1 aliphatic carbocycles. The van der Waals surface area contributed by atoms with Crippen LogP contribution < -0.4 is 0 Å². The highest BCUT2D eigenvalue weighted by Gasteiger charge is 2.41. The maximum Gasteiger partial charge on any atom is 0.410 e. The molecule has 3 heterocycles. The van der Waals surface area contributed by atoms with Gasteiger partial charge in [0.15, 0.2) is 0 Å². The van der Waals surface area contributed by atoms with E-state index in [1.54, 1.807) is 12.4 Å². The summed E-state index contributed by atoms with van der Waals surface area (Å²) in [5.74, 6) is 0.226. The van der Waals surface area contributed by atoms with Crippen LogP contribution in [0.2, 0.25) is 0 Å². The van der Waals surface area contributed by atoms with E-state index in [-0.39, 0.29) is 29.9 Å². The predicted molar refractivity (Wildman–Crippen MR) is 123 cm³/mol. The average Bonchev–Trinajstić information content (AvgIpc) is 3.33. The minimum Gasteiger partial charge on any atom is -0.448 e. The Balaban J connectivity index is 1.19. The fourth-order valence-corrected chi connectivity index (χ4v) is 5.55. The lowest BCUT2D eigenvalue weighted by Crippen LogP contribution is -2.43. The summed E-state index contributed by atoms with van der Waals surface area (Å²) >= 11 is 0. The molecule has 6 heteroatoms. The monoisotopic (exact) mass is 434 g/mol. The topological polar surface area (TPSA) is 79.1 Å². The third-order valence-electron chi connectivity index (χ3n) is 7.06. The van der Waals surface area contributed by atoms with Crippen LogP contribution in [0.15, 0.2) is 67.0 Å². The van der Waals surface area contributed by atoms with Crippen LogP contribution in [0.4, 0.5) is 4.79 Å². The molecule has 6 rings (SSSR count). The van der Waals surface area contributed by atoms with Crippen molar-refractivity contribution in [3.63, 3.8) is 0 Å². The molecule has 3 aromatic rings. The Morgan fingerprint density at radius 2 is 1.70 bits per heavy atom. The second kappa shape index (κ2) is 7.86. The van der Waals surface area contributed by atoms with Crippen LogP contribution in [0.5, 0.6) is 0 Å². The lowest BCUT2D eigenvalue weighted by atomic mass is 9.97. The van der Waals surface area contributed by atoms with Crippen molar-refractivity contribution in [3.8, 4) is 17.2 Å². The van der Waals surface area contributed by atoms with Gasteiger partial charge < -0.3 is 4.74 Å². The summed E-state index contributed by atoms with van der Waals surface area (Å²) in [6.45, 7) is 0.336. The van der Waals surface area contributed by atoms with E-state index >= 15 is 0 Å². The molecule has 0 saturated carbocycles. The smallest absolute Gasteiger partial charge is 0.410 e. The van der Waals surface area contributed by atoms with E-state index in [9.17, 15) is 4.79 Å². The predicted octanol–water partition coefficient (Wildman–Crippen LogP) is 4.92. The molecule has 1 saturated heterocycles. The first kappa shape index (κ1) is 19.7. The van der Waals surface area contributed by atoms with Gasteiger partial charge in [0, 0.05) is 29.9 Å². The van der Waals surface area contributed by atoms with Crippen LogP contribution in [-0.2, 0) is 4.74 Å². The minimum atomic E-state index is -0.240. The van der Waals surface area contributed by atoms with Crippen molar-refractivity contribution in [2.75, 3.05) is 6.61 Å². The molecule has 6 nitrogen and oxygen atoms in total. The number of amides is 1. The minimum absolute atomic E-state index is 0.0186. The fraction of sp³-hybridized carbons (Fsp3) is 0.259. The number of carbonyl (C=O) groups excluding carboxylic acids is 1. The fourth-order valence-electron chi connectivity index (χ4n) is 5.55. The van der Waals surface area contributed by atoms with Gasteiger partial charge in [-0.15, -0.1) is 0 Å². The van der Waals surface area contributed by atoms with E-state index in [0.717, 1.165) is 30.4 Å². The lowest BCUT2D eigenvalue weighted by Gasteiger charge is -2.33. The molecule has 2 aromatic carbocycles. The summed E-state index contributed by atoms with van der Waals surface area (Å²) in [5, 5.41) is 8.92. The van der Waals surface area contributed by atoms with Crippen molar-refractivity contribution >= 4 is 11.7 Å². The third kappa shape index (κ3) is 3.28. The quantitative estimate of drug-likeness (QED) is 0.585.